The summed E-state index contributed by atoms with van der Waals surface area (Å²) >= 11 is 1.52. The molecular weight excluding hydrogens is 256 g/mol. The Morgan fingerprint density at radius 1 is 1.32 bits per heavy atom. The van der Waals surface area contributed by atoms with Gasteiger partial charge in [0.1, 0.15) is 5.01 Å². The lowest BCUT2D eigenvalue weighted by molar-refractivity contribution is 0.127. The van der Waals surface area contributed by atoms with E-state index in [1.807, 2.05) is 0 Å². The zero-order valence-electron chi connectivity index (χ0n) is 12.1. The van der Waals surface area contributed by atoms with E-state index in [-0.39, 0.29) is 0 Å². The van der Waals surface area contributed by atoms with Crippen LogP contribution in [-0.4, -0.2) is 34.2 Å². The number of nitrogens with zero attached hydrogens (tertiary/aromatic N) is 3. The quantitative estimate of drug-likeness (QED) is 0.924. The first-order valence-electron chi connectivity index (χ1n) is 7.17. The molecule has 2 bridgehead atoms. The third kappa shape index (κ3) is 2.77. The number of rotatable bonds is 3. The zero-order chi connectivity index (χ0) is 13.7. The third-order valence-corrected chi connectivity index (χ3v) is 5.43. The second kappa shape index (κ2) is 4.42. The van der Waals surface area contributed by atoms with Crippen LogP contribution in [0.25, 0.3) is 0 Å². The van der Waals surface area contributed by atoms with Gasteiger partial charge in [0.2, 0.25) is 5.13 Å². The molecule has 3 rings (SSSR count). The van der Waals surface area contributed by atoms with Gasteiger partial charge in [-0.25, -0.2) is 0 Å². The highest BCUT2D eigenvalue weighted by Crippen LogP contribution is 2.52. The maximum absolute atomic E-state index is 5.64. The fraction of sp³-hybridized carbons (Fsp3) is 0.857. The van der Waals surface area contributed by atoms with E-state index in [1.54, 1.807) is 0 Å². The predicted octanol–water partition coefficient (Wildman–Crippen LogP) is 2.56. The molecule has 0 aromatic carbocycles. The number of nitrogens with two attached hydrogens (primary N) is 1. The minimum Gasteiger partial charge on any atom is -0.374 e. The van der Waals surface area contributed by atoms with Crippen LogP contribution >= 0.6 is 11.3 Å². The maximum atomic E-state index is 5.64. The molecule has 1 aromatic heterocycles. The standard InChI is InChI=1S/C14H24N4S/c1-13(2)6-10-7-14(3,8-13)9-18(10)5-4-11-16-17-12(15)19-11/h10H,4-9H2,1-3H3,(H2,15,17). The zero-order valence-corrected chi connectivity index (χ0v) is 13.0. The van der Waals surface area contributed by atoms with Crippen LogP contribution in [-0.2, 0) is 6.42 Å². The smallest absolute Gasteiger partial charge is 0.203 e. The molecule has 1 aliphatic carbocycles. The first kappa shape index (κ1) is 13.3. The van der Waals surface area contributed by atoms with Gasteiger partial charge in [-0.05, 0) is 30.1 Å². The fourth-order valence-electron chi connectivity index (χ4n) is 4.45. The monoisotopic (exact) mass is 280 g/mol. The van der Waals surface area contributed by atoms with Gasteiger partial charge in [0, 0.05) is 25.6 Å². The van der Waals surface area contributed by atoms with Crippen LogP contribution < -0.4 is 5.73 Å². The number of nitrogen functional groups attached to an aromatic ring is 1. The fourth-order valence-corrected chi connectivity index (χ4v) is 5.04. The summed E-state index contributed by atoms with van der Waals surface area (Å²) < 4.78 is 0. The van der Waals surface area contributed by atoms with E-state index in [0.29, 0.717) is 16.0 Å². The molecule has 2 aliphatic rings. The lowest BCUT2D eigenvalue weighted by Crippen LogP contribution is -2.35. The van der Waals surface area contributed by atoms with E-state index < -0.39 is 0 Å². The molecule has 2 atom stereocenters. The summed E-state index contributed by atoms with van der Waals surface area (Å²) in [5.41, 5.74) is 6.66. The van der Waals surface area contributed by atoms with Gasteiger partial charge < -0.3 is 5.73 Å². The molecule has 4 nitrogen and oxygen atoms in total. The normalized spacial score (nSPS) is 33.7. The summed E-state index contributed by atoms with van der Waals surface area (Å²) in [5, 5.41) is 9.68. The number of likely N-dealkylation sites (tertiary alicyclic amines) is 1. The Balaban J connectivity index is 1.64. The highest BCUT2D eigenvalue weighted by atomic mass is 32.1. The van der Waals surface area contributed by atoms with Crippen molar-refractivity contribution in [3.63, 3.8) is 0 Å². The Bertz CT molecular complexity index is 470. The third-order valence-electron chi connectivity index (χ3n) is 4.62. The van der Waals surface area contributed by atoms with Crippen molar-refractivity contribution in [2.45, 2.75) is 52.5 Å². The van der Waals surface area contributed by atoms with Gasteiger partial charge in [0.05, 0.1) is 0 Å². The Labute approximate surface area is 119 Å². The summed E-state index contributed by atoms with van der Waals surface area (Å²) in [6, 6.07) is 0.763. The molecule has 1 aromatic rings. The molecule has 106 valence electrons. The van der Waals surface area contributed by atoms with E-state index in [9.17, 15) is 0 Å². The van der Waals surface area contributed by atoms with Crippen LogP contribution in [0.5, 0.6) is 0 Å². The van der Waals surface area contributed by atoms with Crippen molar-refractivity contribution >= 4 is 16.5 Å². The number of fused-ring (bicyclic) bond motifs is 2. The summed E-state index contributed by atoms with van der Waals surface area (Å²) in [5.74, 6) is 0. The van der Waals surface area contributed by atoms with Crippen LogP contribution in [0.1, 0.15) is 45.0 Å². The molecule has 2 unspecified atom stereocenters. The van der Waals surface area contributed by atoms with Gasteiger partial charge in [-0.3, -0.25) is 4.90 Å². The van der Waals surface area contributed by atoms with Crippen LogP contribution in [0.2, 0.25) is 0 Å². The van der Waals surface area contributed by atoms with Gasteiger partial charge >= 0.3 is 0 Å². The molecule has 0 amide bonds. The minimum absolute atomic E-state index is 0.500. The summed E-state index contributed by atoms with van der Waals surface area (Å²) in [6.07, 6.45) is 5.05. The average molecular weight is 280 g/mol. The van der Waals surface area contributed by atoms with Crippen LogP contribution in [0, 0.1) is 10.8 Å². The van der Waals surface area contributed by atoms with E-state index in [2.05, 4.69) is 35.9 Å². The van der Waals surface area contributed by atoms with Crippen molar-refractivity contribution < 1.29 is 0 Å². The van der Waals surface area contributed by atoms with E-state index in [0.717, 1.165) is 24.0 Å². The first-order chi connectivity index (χ1) is 8.85. The molecule has 2 fully saturated rings. The number of hydrogen-bond donors (Lipinski definition) is 1. The number of anilines is 1. The molecular formula is C14H24N4S. The van der Waals surface area contributed by atoms with Crippen molar-refractivity contribution in [3.8, 4) is 0 Å². The lowest BCUT2D eigenvalue weighted by Gasteiger charge is -2.39. The topological polar surface area (TPSA) is 55.0 Å². The predicted molar refractivity (Wildman–Crippen MR) is 79.1 cm³/mol. The largest absolute Gasteiger partial charge is 0.374 e. The number of hydrogen-bond acceptors (Lipinski definition) is 5. The molecule has 2 N–H and O–H groups in total. The van der Waals surface area contributed by atoms with Crippen LogP contribution in [0.3, 0.4) is 0 Å². The van der Waals surface area contributed by atoms with Gasteiger partial charge in [0.25, 0.3) is 0 Å². The second-order valence-corrected chi connectivity index (χ2v) is 8.56. The minimum atomic E-state index is 0.500. The van der Waals surface area contributed by atoms with Gasteiger partial charge in [-0.2, -0.15) is 0 Å². The summed E-state index contributed by atoms with van der Waals surface area (Å²) in [7, 11) is 0. The van der Waals surface area contributed by atoms with Crippen LogP contribution in [0.15, 0.2) is 0 Å². The average Bonchev–Trinajstić information content (AvgIpc) is 2.76. The van der Waals surface area contributed by atoms with E-state index >= 15 is 0 Å². The molecule has 0 radical (unpaired) electrons. The van der Waals surface area contributed by atoms with Crippen molar-refractivity contribution in [2.75, 3.05) is 18.8 Å². The molecule has 19 heavy (non-hydrogen) atoms. The van der Waals surface area contributed by atoms with Crippen molar-refractivity contribution in [2.24, 2.45) is 10.8 Å². The Hall–Kier alpha value is -0.680. The van der Waals surface area contributed by atoms with Crippen molar-refractivity contribution in [3.05, 3.63) is 5.01 Å². The first-order valence-corrected chi connectivity index (χ1v) is 7.99. The Kier molecular flexibility index (Phi) is 3.09. The molecule has 0 spiro atoms. The second-order valence-electron chi connectivity index (χ2n) is 7.47. The van der Waals surface area contributed by atoms with Crippen molar-refractivity contribution in [1.82, 2.24) is 15.1 Å². The summed E-state index contributed by atoms with van der Waals surface area (Å²) in [6.45, 7) is 9.66. The SMILES string of the molecule is CC1(C)CC2CC(C)(CN2CCc2nnc(N)s2)C1. The van der Waals surface area contributed by atoms with Gasteiger partial charge in [0.15, 0.2) is 0 Å². The molecule has 1 saturated carbocycles. The van der Waals surface area contributed by atoms with E-state index in [4.69, 9.17) is 5.73 Å². The Morgan fingerprint density at radius 3 is 2.79 bits per heavy atom. The number of aromatic nitrogens is 2. The molecule has 1 saturated heterocycles. The maximum Gasteiger partial charge on any atom is 0.203 e. The van der Waals surface area contributed by atoms with Gasteiger partial charge in [-0.15, -0.1) is 10.2 Å². The van der Waals surface area contributed by atoms with Gasteiger partial charge in [-0.1, -0.05) is 32.1 Å². The van der Waals surface area contributed by atoms with E-state index in [1.165, 1.54) is 37.1 Å². The summed E-state index contributed by atoms with van der Waals surface area (Å²) in [4.78, 5) is 2.67. The highest BCUT2D eigenvalue weighted by Gasteiger charge is 2.49. The molecule has 1 aliphatic heterocycles. The van der Waals surface area contributed by atoms with Crippen molar-refractivity contribution in [1.29, 1.82) is 0 Å². The van der Waals surface area contributed by atoms with Crippen LogP contribution in [0.4, 0.5) is 5.13 Å². The molecule has 5 heteroatoms. The lowest BCUT2D eigenvalue weighted by atomic mass is 9.65. The Morgan fingerprint density at radius 2 is 2.11 bits per heavy atom. The highest BCUT2D eigenvalue weighted by molar-refractivity contribution is 7.15. The molecule has 2 heterocycles.